The third kappa shape index (κ3) is 5.90. The first-order valence-corrected chi connectivity index (χ1v) is 9.48. The van der Waals surface area contributed by atoms with Crippen molar-refractivity contribution in [1.82, 2.24) is 14.9 Å². The molecule has 2 aromatic rings. The number of morpholine rings is 1. The smallest absolute Gasteiger partial charge is 0.475 e. The number of rotatable bonds is 4. The van der Waals surface area contributed by atoms with Gasteiger partial charge in [0.2, 0.25) is 5.88 Å². The number of alkyl halides is 3. The van der Waals surface area contributed by atoms with Crippen molar-refractivity contribution < 1.29 is 32.5 Å². The van der Waals surface area contributed by atoms with Crippen LogP contribution in [0.2, 0.25) is 0 Å². The van der Waals surface area contributed by atoms with Crippen molar-refractivity contribution in [3.05, 3.63) is 54.5 Å². The predicted molar refractivity (Wildman–Crippen MR) is 99.8 cm³/mol. The quantitative estimate of drug-likeness (QED) is 0.806. The lowest BCUT2D eigenvalue weighted by Gasteiger charge is -2.38. The van der Waals surface area contributed by atoms with Crippen LogP contribution in [0.3, 0.4) is 0 Å². The number of ether oxygens (including phenoxy) is 2. The molecule has 0 spiro atoms. The highest BCUT2D eigenvalue weighted by molar-refractivity contribution is 5.73. The third-order valence-electron chi connectivity index (χ3n) is 4.89. The molecule has 0 radical (unpaired) electrons. The largest absolute Gasteiger partial charge is 0.490 e. The third-order valence-corrected chi connectivity index (χ3v) is 4.89. The van der Waals surface area contributed by atoms with Crippen molar-refractivity contribution in [1.29, 1.82) is 0 Å². The number of aliphatic carboxylic acids is 1. The van der Waals surface area contributed by atoms with Gasteiger partial charge in [-0.15, -0.1) is 0 Å². The second kappa shape index (κ2) is 9.86. The van der Waals surface area contributed by atoms with Crippen molar-refractivity contribution in [2.24, 2.45) is 0 Å². The minimum Gasteiger partial charge on any atom is -0.475 e. The number of hydrogen-bond acceptors (Lipinski definition) is 6. The Hall–Kier alpha value is -2.72. The Morgan fingerprint density at radius 2 is 1.87 bits per heavy atom. The summed E-state index contributed by atoms with van der Waals surface area (Å²) >= 11 is 0. The topological polar surface area (TPSA) is 84.8 Å². The van der Waals surface area contributed by atoms with Gasteiger partial charge in [-0.3, -0.25) is 9.88 Å². The summed E-state index contributed by atoms with van der Waals surface area (Å²) in [6.45, 7) is 2.58. The van der Waals surface area contributed by atoms with Crippen molar-refractivity contribution in [2.45, 2.75) is 43.8 Å². The molecule has 4 rings (SSSR count). The maximum absolute atomic E-state index is 10.6. The van der Waals surface area contributed by atoms with Crippen LogP contribution in [0.4, 0.5) is 13.2 Å². The molecule has 0 aromatic carbocycles. The van der Waals surface area contributed by atoms with E-state index in [2.05, 4.69) is 20.9 Å². The first-order chi connectivity index (χ1) is 14.3. The van der Waals surface area contributed by atoms with Gasteiger partial charge in [-0.05, 0) is 31.0 Å². The van der Waals surface area contributed by atoms with Crippen LogP contribution < -0.4 is 4.74 Å². The summed E-state index contributed by atoms with van der Waals surface area (Å²) in [5.41, 5.74) is 1.11. The Balaban J connectivity index is 0.000000318. The highest BCUT2D eigenvalue weighted by Crippen LogP contribution is 2.33. The molecule has 0 amide bonds. The molecule has 1 saturated carbocycles. The molecule has 2 aromatic heterocycles. The van der Waals surface area contributed by atoms with Gasteiger partial charge in [0.05, 0.1) is 12.3 Å². The number of aromatic nitrogens is 2. The lowest BCUT2D eigenvalue weighted by molar-refractivity contribution is -0.192. The number of carboxylic acids is 1. The number of fused-ring (bicyclic) bond motifs is 1. The highest BCUT2D eigenvalue weighted by Gasteiger charge is 2.44. The Morgan fingerprint density at radius 1 is 1.17 bits per heavy atom. The van der Waals surface area contributed by atoms with Crippen LogP contribution >= 0.6 is 0 Å². The van der Waals surface area contributed by atoms with Crippen LogP contribution in [-0.4, -0.2) is 63.5 Å². The minimum absolute atomic E-state index is 0.0847. The molecule has 7 nitrogen and oxygen atoms in total. The van der Waals surface area contributed by atoms with E-state index in [0.717, 1.165) is 38.2 Å². The van der Waals surface area contributed by atoms with Gasteiger partial charge in [0.25, 0.3) is 0 Å². The number of halogens is 3. The maximum atomic E-state index is 10.6. The van der Waals surface area contributed by atoms with E-state index in [1.54, 1.807) is 6.20 Å². The van der Waals surface area contributed by atoms with Crippen molar-refractivity contribution in [3.63, 3.8) is 0 Å². The molecule has 0 bridgehead atoms. The van der Waals surface area contributed by atoms with Crippen molar-refractivity contribution >= 4 is 5.97 Å². The van der Waals surface area contributed by atoms with Gasteiger partial charge in [0.1, 0.15) is 12.2 Å². The lowest BCUT2D eigenvalue weighted by atomic mass is 10.1. The Labute approximate surface area is 171 Å². The number of carboxylic acid groups (broad SMARTS) is 1. The summed E-state index contributed by atoms with van der Waals surface area (Å²) in [6, 6.07) is 12.2. The molecule has 1 aliphatic carbocycles. The minimum atomic E-state index is -5.08. The van der Waals surface area contributed by atoms with Gasteiger partial charge < -0.3 is 14.6 Å². The van der Waals surface area contributed by atoms with Crippen LogP contribution in [0.1, 0.15) is 18.5 Å². The van der Waals surface area contributed by atoms with Crippen LogP contribution in [0.25, 0.3) is 0 Å². The first kappa shape index (κ1) is 22.0. The van der Waals surface area contributed by atoms with Gasteiger partial charge in [-0.25, -0.2) is 9.78 Å². The van der Waals surface area contributed by atoms with Gasteiger partial charge >= 0.3 is 12.1 Å². The van der Waals surface area contributed by atoms with E-state index < -0.39 is 12.1 Å². The standard InChI is InChI=1S/C18H21N3O2.C2HF3O2/c1-3-9-19-14(5-1)13-21-11-12-22-18-15(21)7-8-16(18)23-17-6-2-4-10-20-17;3-2(4,5)1(6)7/h1-6,9-10,15-16,18H,7-8,11-13H2;(H,6,7)/t15-,16+,18+;/m0./s1. The molecule has 162 valence electrons. The number of carbonyl (C=O) groups is 1. The second-order valence-corrected chi connectivity index (χ2v) is 6.90. The molecular formula is C20H22F3N3O4. The van der Waals surface area contributed by atoms with Gasteiger partial charge in [0, 0.05) is 37.6 Å². The summed E-state index contributed by atoms with van der Waals surface area (Å²) in [4.78, 5) is 20.1. The number of pyridine rings is 2. The van der Waals surface area contributed by atoms with E-state index in [1.165, 1.54) is 0 Å². The summed E-state index contributed by atoms with van der Waals surface area (Å²) in [5.74, 6) is -2.07. The normalized spacial score (nSPS) is 23.8. The van der Waals surface area contributed by atoms with E-state index >= 15 is 0 Å². The lowest BCUT2D eigenvalue weighted by Crippen LogP contribution is -2.51. The average molecular weight is 425 g/mol. The molecule has 1 aliphatic heterocycles. The zero-order chi connectivity index (χ0) is 21.6. The molecule has 30 heavy (non-hydrogen) atoms. The summed E-state index contributed by atoms with van der Waals surface area (Å²) in [7, 11) is 0. The SMILES string of the molecule is O=C(O)C(F)(F)F.c1ccc(CN2CCO[C@H]3[C@H](Oc4ccccn4)CC[C@@H]32)nc1. The molecule has 3 atom stereocenters. The Morgan fingerprint density at radius 3 is 2.47 bits per heavy atom. The number of nitrogens with zero attached hydrogens (tertiary/aromatic N) is 3. The fourth-order valence-electron chi connectivity index (χ4n) is 3.59. The summed E-state index contributed by atoms with van der Waals surface area (Å²) in [6.07, 6.45) is 0.835. The van der Waals surface area contributed by atoms with Crippen molar-refractivity contribution in [3.8, 4) is 5.88 Å². The van der Waals surface area contributed by atoms with Crippen molar-refractivity contribution in [2.75, 3.05) is 13.2 Å². The molecule has 1 N–H and O–H groups in total. The van der Waals surface area contributed by atoms with E-state index in [9.17, 15) is 13.2 Å². The fraction of sp³-hybridized carbons (Fsp3) is 0.450. The predicted octanol–water partition coefficient (Wildman–Crippen LogP) is 2.92. The highest BCUT2D eigenvalue weighted by atomic mass is 19.4. The van der Waals surface area contributed by atoms with Gasteiger partial charge in [-0.2, -0.15) is 13.2 Å². The Kier molecular flexibility index (Phi) is 7.22. The fourth-order valence-corrected chi connectivity index (χ4v) is 3.59. The van der Waals surface area contributed by atoms with E-state index in [-0.39, 0.29) is 12.2 Å². The van der Waals surface area contributed by atoms with Crippen LogP contribution in [0, 0.1) is 0 Å². The second-order valence-electron chi connectivity index (χ2n) is 6.90. The Bertz CT molecular complexity index is 808. The van der Waals surface area contributed by atoms with Gasteiger partial charge in [0.15, 0.2) is 0 Å². The first-order valence-electron chi connectivity index (χ1n) is 9.48. The van der Waals surface area contributed by atoms with Gasteiger partial charge in [-0.1, -0.05) is 12.1 Å². The van der Waals surface area contributed by atoms with Crippen LogP contribution in [-0.2, 0) is 16.1 Å². The molecule has 3 heterocycles. The van der Waals surface area contributed by atoms with Crippen LogP contribution in [0.15, 0.2) is 48.8 Å². The molecular weight excluding hydrogens is 403 g/mol. The van der Waals surface area contributed by atoms with E-state index in [1.807, 2.05) is 36.5 Å². The monoisotopic (exact) mass is 425 g/mol. The summed E-state index contributed by atoms with van der Waals surface area (Å²) < 4.78 is 43.8. The average Bonchev–Trinajstić information content (AvgIpc) is 3.13. The molecule has 2 aliphatic rings. The van der Waals surface area contributed by atoms with E-state index in [0.29, 0.717) is 11.9 Å². The molecule has 10 heteroatoms. The zero-order valence-corrected chi connectivity index (χ0v) is 16.0. The van der Waals surface area contributed by atoms with Crippen LogP contribution in [0.5, 0.6) is 5.88 Å². The molecule has 1 saturated heterocycles. The van der Waals surface area contributed by atoms with E-state index in [4.69, 9.17) is 19.4 Å². The zero-order valence-electron chi connectivity index (χ0n) is 16.0. The molecule has 2 fully saturated rings. The number of hydrogen-bond donors (Lipinski definition) is 1. The molecule has 0 unspecified atom stereocenters. The maximum Gasteiger partial charge on any atom is 0.490 e. The summed E-state index contributed by atoms with van der Waals surface area (Å²) in [5, 5.41) is 7.12.